The van der Waals surface area contributed by atoms with Gasteiger partial charge in [-0.1, -0.05) is 11.3 Å². The highest BCUT2D eigenvalue weighted by molar-refractivity contribution is 7.16. The second-order valence-electron chi connectivity index (χ2n) is 6.83. The van der Waals surface area contributed by atoms with Gasteiger partial charge in [0.05, 0.1) is 11.4 Å². The molecule has 9 heteroatoms. The molecule has 138 valence electrons. The molecule has 0 unspecified atom stereocenters. The van der Waals surface area contributed by atoms with Crippen LogP contribution in [0.2, 0.25) is 0 Å². The lowest BCUT2D eigenvalue weighted by atomic mass is 9.99. The molecule has 7 nitrogen and oxygen atoms in total. The summed E-state index contributed by atoms with van der Waals surface area (Å²) in [5.74, 6) is -0.0918. The first-order chi connectivity index (χ1) is 13.1. The lowest BCUT2D eigenvalue weighted by Gasteiger charge is -2.19. The molecular formula is C18H17FN6OS. The predicted molar refractivity (Wildman–Crippen MR) is 101 cm³/mol. The molecule has 0 radical (unpaired) electrons. The number of nitrogens with one attached hydrogen (secondary N) is 1. The summed E-state index contributed by atoms with van der Waals surface area (Å²) in [7, 11) is 0. The molecule has 5 rings (SSSR count). The van der Waals surface area contributed by atoms with Crippen LogP contribution in [0.1, 0.15) is 29.5 Å². The van der Waals surface area contributed by atoms with Crippen LogP contribution in [0.3, 0.4) is 0 Å². The molecule has 0 spiro atoms. The maximum absolute atomic E-state index is 14.4. The van der Waals surface area contributed by atoms with Gasteiger partial charge in [0.15, 0.2) is 11.5 Å². The van der Waals surface area contributed by atoms with Gasteiger partial charge in [-0.25, -0.2) is 14.4 Å². The number of halogens is 1. The van der Waals surface area contributed by atoms with Crippen molar-refractivity contribution in [2.75, 3.05) is 13.1 Å². The Labute approximate surface area is 157 Å². The SMILES string of the molecule is Cc1cn2cc(-c3cc(=O)n4nc(C5CCNCC5)sc4n3)cc(F)c2n1. The summed E-state index contributed by atoms with van der Waals surface area (Å²) in [5.41, 5.74) is 1.71. The second-order valence-corrected chi connectivity index (χ2v) is 7.82. The fourth-order valence-corrected chi connectivity index (χ4v) is 4.60. The lowest BCUT2D eigenvalue weighted by Crippen LogP contribution is -2.26. The molecule has 0 atom stereocenters. The minimum Gasteiger partial charge on any atom is -0.317 e. The summed E-state index contributed by atoms with van der Waals surface area (Å²) < 4.78 is 17.4. The van der Waals surface area contributed by atoms with Crippen molar-refractivity contribution in [3.8, 4) is 11.3 Å². The van der Waals surface area contributed by atoms with E-state index in [1.807, 2.05) is 6.92 Å². The van der Waals surface area contributed by atoms with Crippen molar-refractivity contribution in [1.29, 1.82) is 0 Å². The van der Waals surface area contributed by atoms with E-state index in [4.69, 9.17) is 0 Å². The third-order valence-corrected chi connectivity index (χ3v) is 5.94. The van der Waals surface area contributed by atoms with Gasteiger partial charge in [0, 0.05) is 29.9 Å². The van der Waals surface area contributed by atoms with E-state index in [9.17, 15) is 9.18 Å². The monoisotopic (exact) mass is 384 g/mol. The van der Waals surface area contributed by atoms with Crippen LogP contribution in [0.4, 0.5) is 4.39 Å². The summed E-state index contributed by atoms with van der Waals surface area (Å²) in [4.78, 5) is 21.8. The van der Waals surface area contributed by atoms with Crippen LogP contribution in [-0.4, -0.2) is 37.1 Å². The molecule has 0 saturated carbocycles. The van der Waals surface area contributed by atoms with Crippen LogP contribution in [0.25, 0.3) is 21.9 Å². The third-order valence-electron chi connectivity index (χ3n) is 4.87. The van der Waals surface area contributed by atoms with Crippen LogP contribution in [0.15, 0.2) is 29.3 Å². The smallest absolute Gasteiger partial charge is 0.275 e. The van der Waals surface area contributed by atoms with E-state index in [0.29, 0.717) is 22.1 Å². The maximum atomic E-state index is 14.4. The highest BCUT2D eigenvalue weighted by atomic mass is 32.1. The van der Waals surface area contributed by atoms with Crippen molar-refractivity contribution in [2.45, 2.75) is 25.7 Å². The summed E-state index contributed by atoms with van der Waals surface area (Å²) in [5, 5.41) is 8.75. The van der Waals surface area contributed by atoms with Crippen molar-refractivity contribution in [2.24, 2.45) is 0 Å². The number of rotatable bonds is 2. The van der Waals surface area contributed by atoms with Crippen molar-refractivity contribution >= 4 is 21.9 Å². The zero-order chi connectivity index (χ0) is 18.5. The van der Waals surface area contributed by atoms with Crippen LogP contribution in [0.5, 0.6) is 0 Å². The fraction of sp³-hybridized carbons (Fsp3) is 0.333. The Morgan fingerprint density at radius 1 is 1.22 bits per heavy atom. The molecule has 1 aliphatic rings. The Morgan fingerprint density at radius 3 is 2.85 bits per heavy atom. The molecule has 0 amide bonds. The topological polar surface area (TPSA) is 76.6 Å². The van der Waals surface area contributed by atoms with Gasteiger partial charge in [0.1, 0.15) is 5.01 Å². The second kappa shape index (κ2) is 6.21. The van der Waals surface area contributed by atoms with Gasteiger partial charge in [-0.2, -0.15) is 9.61 Å². The van der Waals surface area contributed by atoms with Crippen molar-refractivity contribution in [3.63, 3.8) is 0 Å². The molecule has 0 aromatic carbocycles. The van der Waals surface area contributed by atoms with Crippen LogP contribution in [0, 0.1) is 12.7 Å². The first-order valence-corrected chi connectivity index (χ1v) is 9.67. The summed E-state index contributed by atoms with van der Waals surface area (Å²) in [6.07, 6.45) is 5.49. The molecule has 27 heavy (non-hydrogen) atoms. The lowest BCUT2D eigenvalue weighted by molar-refractivity contribution is 0.456. The third kappa shape index (κ3) is 2.83. The molecule has 1 aliphatic heterocycles. The zero-order valence-corrected chi connectivity index (χ0v) is 15.5. The number of hydrogen-bond donors (Lipinski definition) is 1. The van der Waals surface area contributed by atoms with Crippen LogP contribution < -0.4 is 10.9 Å². The normalized spacial score (nSPS) is 15.8. The van der Waals surface area contributed by atoms with Crippen LogP contribution >= 0.6 is 11.3 Å². The minimum absolute atomic E-state index is 0.256. The highest BCUT2D eigenvalue weighted by Crippen LogP contribution is 2.29. The van der Waals surface area contributed by atoms with E-state index >= 15 is 0 Å². The number of fused-ring (bicyclic) bond motifs is 2. The molecule has 0 bridgehead atoms. The van der Waals surface area contributed by atoms with E-state index < -0.39 is 5.82 Å². The molecular weight excluding hydrogens is 367 g/mol. The molecule has 5 heterocycles. The predicted octanol–water partition coefficient (Wildman–Crippen LogP) is 2.38. The average molecular weight is 384 g/mol. The largest absolute Gasteiger partial charge is 0.317 e. The van der Waals surface area contributed by atoms with E-state index in [-0.39, 0.29) is 11.2 Å². The number of hydrogen-bond acceptors (Lipinski definition) is 6. The molecule has 4 aromatic rings. The minimum atomic E-state index is -0.442. The fourth-order valence-electron chi connectivity index (χ4n) is 3.53. The Morgan fingerprint density at radius 2 is 2.04 bits per heavy atom. The van der Waals surface area contributed by atoms with Gasteiger partial charge in [-0.05, 0) is 38.9 Å². The number of nitrogens with zero attached hydrogens (tertiary/aromatic N) is 5. The first-order valence-electron chi connectivity index (χ1n) is 8.85. The van der Waals surface area contributed by atoms with Gasteiger partial charge in [-0.15, -0.1) is 0 Å². The standard InChI is InChI=1S/C18H17FN6OS/c1-10-8-24-9-12(6-13(19)16(24)21-10)14-7-15(26)25-18(22-14)27-17(23-25)11-2-4-20-5-3-11/h6-9,11,20H,2-5H2,1H3. The quantitative estimate of drug-likeness (QED) is 0.574. The molecule has 0 aliphatic carbocycles. The highest BCUT2D eigenvalue weighted by Gasteiger charge is 2.21. The van der Waals surface area contributed by atoms with Crippen molar-refractivity contribution in [3.05, 3.63) is 51.4 Å². The number of pyridine rings is 1. The summed E-state index contributed by atoms with van der Waals surface area (Å²) >= 11 is 1.44. The van der Waals surface area contributed by atoms with E-state index in [2.05, 4.69) is 20.4 Å². The van der Waals surface area contributed by atoms with Crippen molar-refractivity contribution < 1.29 is 4.39 Å². The van der Waals surface area contributed by atoms with E-state index in [1.165, 1.54) is 28.0 Å². The van der Waals surface area contributed by atoms with Crippen LogP contribution in [-0.2, 0) is 0 Å². The summed E-state index contributed by atoms with van der Waals surface area (Å²) in [6.45, 7) is 3.72. The first kappa shape index (κ1) is 16.5. The van der Waals surface area contributed by atoms with Crippen molar-refractivity contribution in [1.82, 2.24) is 29.3 Å². The van der Waals surface area contributed by atoms with E-state index in [0.717, 1.165) is 36.6 Å². The molecule has 1 fully saturated rings. The van der Waals surface area contributed by atoms with Gasteiger partial charge >= 0.3 is 0 Å². The zero-order valence-electron chi connectivity index (χ0n) is 14.6. The van der Waals surface area contributed by atoms with Gasteiger partial charge in [-0.3, -0.25) is 4.79 Å². The molecule has 1 saturated heterocycles. The number of piperidine rings is 1. The molecule has 4 aromatic heterocycles. The van der Waals surface area contributed by atoms with Gasteiger partial charge in [0.25, 0.3) is 5.56 Å². The Hall–Kier alpha value is -2.65. The Kier molecular flexibility index (Phi) is 3.80. The Balaban J connectivity index is 1.62. The number of aromatic nitrogens is 5. The Bertz CT molecular complexity index is 1220. The number of imidazole rings is 1. The number of aryl methyl sites for hydroxylation is 1. The van der Waals surface area contributed by atoms with Gasteiger partial charge in [0.2, 0.25) is 4.96 Å². The molecule has 1 N–H and O–H groups in total. The van der Waals surface area contributed by atoms with Gasteiger partial charge < -0.3 is 9.72 Å². The summed E-state index contributed by atoms with van der Waals surface area (Å²) in [6, 6.07) is 2.78. The average Bonchev–Trinajstić information content (AvgIpc) is 3.26. The van der Waals surface area contributed by atoms with E-state index in [1.54, 1.807) is 16.8 Å². The maximum Gasteiger partial charge on any atom is 0.275 e.